The van der Waals surface area contributed by atoms with Gasteiger partial charge in [0.05, 0.1) is 6.20 Å². The van der Waals surface area contributed by atoms with E-state index in [2.05, 4.69) is 25.1 Å². The molecule has 0 radical (unpaired) electrons. The molecule has 0 bridgehead atoms. The zero-order chi connectivity index (χ0) is 11.8. The van der Waals surface area contributed by atoms with Gasteiger partial charge in [0.15, 0.2) is 0 Å². The van der Waals surface area contributed by atoms with Crippen LogP contribution < -0.4 is 0 Å². The van der Waals surface area contributed by atoms with Crippen molar-refractivity contribution in [2.45, 2.75) is 64.7 Å². The normalized spacial score (nSPS) is 12.9. The highest BCUT2D eigenvalue weighted by Gasteiger charge is 2.12. The second-order valence-corrected chi connectivity index (χ2v) is 4.78. The Kier molecular flexibility index (Phi) is 6.20. The molecule has 0 saturated heterocycles. The first-order valence-electron chi connectivity index (χ1n) is 6.76. The summed E-state index contributed by atoms with van der Waals surface area (Å²) >= 11 is 0. The molecule has 0 saturated carbocycles. The second kappa shape index (κ2) is 7.48. The molecule has 1 atom stereocenters. The van der Waals surface area contributed by atoms with Gasteiger partial charge in [-0.05, 0) is 24.3 Å². The van der Waals surface area contributed by atoms with Crippen molar-refractivity contribution in [3.63, 3.8) is 0 Å². The van der Waals surface area contributed by atoms with Gasteiger partial charge in [-0.1, -0.05) is 46.0 Å². The quantitative estimate of drug-likeness (QED) is 0.600. The second-order valence-electron chi connectivity index (χ2n) is 4.78. The maximum atomic E-state index is 4.29. The van der Waals surface area contributed by atoms with Gasteiger partial charge < -0.3 is 0 Å². The molecule has 16 heavy (non-hydrogen) atoms. The maximum Gasteiger partial charge on any atom is 0.0524 e. The standard InChI is InChI=1S/C14H26N2/c1-4-6-8-10-13(9-7-5-2)14-11-15-16(3)12-14/h11-13H,4-10H2,1-3H3. The van der Waals surface area contributed by atoms with Gasteiger partial charge in [-0.25, -0.2) is 0 Å². The SMILES string of the molecule is CCCCCC(CCCC)c1cnn(C)c1. The van der Waals surface area contributed by atoms with Crippen LogP contribution in [0.15, 0.2) is 12.4 Å². The first-order chi connectivity index (χ1) is 7.77. The summed E-state index contributed by atoms with van der Waals surface area (Å²) in [7, 11) is 2.01. The van der Waals surface area contributed by atoms with Crippen molar-refractivity contribution in [1.29, 1.82) is 0 Å². The van der Waals surface area contributed by atoms with Gasteiger partial charge in [0.1, 0.15) is 0 Å². The van der Waals surface area contributed by atoms with Crippen LogP contribution in [0.2, 0.25) is 0 Å². The molecule has 0 spiro atoms. The number of hydrogen-bond donors (Lipinski definition) is 0. The summed E-state index contributed by atoms with van der Waals surface area (Å²) in [6, 6.07) is 0. The molecular weight excluding hydrogens is 196 g/mol. The predicted molar refractivity (Wildman–Crippen MR) is 69.6 cm³/mol. The molecule has 0 amide bonds. The van der Waals surface area contributed by atoms with Crippen molar-refractivity contribution in [2.75, 3.05) is 0 Å². The molecule has 0 aliphatic heterocycles. The average Bonchev–Trinajstić information content (AvgIpc) is 2.70. The van der Waals surface area contributed by atoms with E-state index < -0.39 is 0 Å². The maximum absolute atomic E-state index is 4.29. The summed E-state index contributed by atoms with van der Waals surface area (Å²) in [5.74, 6) is 0.736. The minimum Gasteiger partial charge on any atom is -0.276 e. The van der Waals surface area contributed by atoms with Crippen LogP contribution in [0.5, 0.6) is 0 Å². The van der Waals surface area contributed by atoms with Crippen LogP contribution in [-0.2, 0) is 7.05 Å². The van der Waals surface area contributed by atoms with Gasteiger partial charge in [0.2, 0.25) is 0 Å². The van der Waals surface area contributed by atoms with E-state index in [1.807, 2.05) is 17.9 Å². The summed E-state index contributed by atoms with van der Waals surface area (Å²) in [6.07, 6.45) is 13.6. The molecule has 2 heteroatoms. The fourth-order valence-electron chi connectivity index (χ4n) is 2.22. The number of aromatic nitrogens is 2. The highest BCUT2D eigenvalue weighted by molar-refractivity contribution is 5.10. The van der Waals surface area contributed by atoms with E-state index in [9.17, 15) is 0 Å². The molecule has 0 N–H and O–H groups in total. The third-order valence-electron chi connectivity index (χ3n) is 3.26. The summed E-state index contributed by atoms with van der Waals surface area (Å²) in [6.45, 7) is 4.54. The fraction of sp³-hybridized carbons (Fsp3) is 0.786. The van der Waals surface area contributed by atoms with Crippen LogP contribution in [-0.4, -0.2) is 9.78 Å². The predicted octanol–water partition coefficient (Wildman–Crippen LogP) is 4.27. The third kappa shape index (κ3) is 4.38. The van der Waals surface area contributed by atoms with Crippen molar-refractivity contribution in [1.82, 2.24) is 9.78 Å². The molecule has 1 aromatic rings. The summed E-state index contributed by atoms with van der Waals surface area (Å²) in [4.78, 5) is 0. The van der Waals surface area contributed by atoms with Crippen molar-refractivity contribution in [2.24, 2.45) is 7.05 Å². The van der Waals surface area contributed by atoms with Gasteiger partial charge >= 0.3 is 0 Å². The Morgan fingerprint density at radius 1 is 1.12 bits per heavy atom. The molecule has 1 heterocycles. The minimum absolute atomic E-state index is 0.736. The zero-order valence-electron chi connectivity index (χ0n) is 11.1. The van der Waals surface area contributed by atoms with Crippen LogP contribution in [0.3, 0.4) is 0 Å². The lowest BCUT2D eigenvalue weighted by atomic mass is 9.91. The van der Waals surface area contributed by atoms with Crippen molar-refractivity contribution in [3.05, 3.63) is 18.0 Å². The highest BCUT2D eigenvalue weighted by atomic mass is 15.2. The van der Waals surface area contributed by atoms with Crippen LogP contribution in [0.4, 0.5) is 0 Å². The Morgan fingerprint density at radius 2 is 1.81 bits per heavy atom. The van der Waals surface area contributed by atoms with Crippen molar-refractivity contribution < 1.29 is 0 Å². The average molecular weight is 222 g/mol. The third-order valence-corrected chi connectivity index (χ3v) is 3.26. The lowest BCUT2D eigenvalue weighted by Gasteiger charge is -2.14. The lowest BCUT2D eigenvalue weighted by Crippen LogP contribution is -1.98. The number of hydrogen-bond acceptors (Lipinski definition) is 1. The molecular formula is C14H26N2. The molecule has 0 aromatic carbocycles. The van der Waals surface area contributed by atoms with Crippen molar-refractivity contribution in [3.8, 4) is 0 Å². The Bertz CT molecular complexity index is 278. The number of nitrogens with zero attached hydrogens (tertiary/aromatic N) is 2. The molecule has 0 aliphatic rings. The van der Waals surface area contributed by atoms with Gasteiger partial charge in [-0.2, -0.15) is 5.10 Å². The summed E-state index contributed by atoms with van der Waals surface area (Å²) in [5, 5.41) is 4.29. The monoisotopic (exact) mass is 222 g/mol. The van der Waals surface area contributed by atoms with Gasteiger partial charge in [-0.15, -0.1) is 0 Å². The van der Waals surface area contributed by atoms with E-state index in [0.29, 0.717) is 0 Å². The van der Waals surface area contributed by atoms with Crippen LogP contribution in [0.25, 0.3) is 0 Å². The Morgan fingerprint density at radius 3 is 2.38 bits per heavy atom. The van der Waals surface area contributed by atoms with Crippen molar-refractivity contribution >= 4 is 0 Å². The van der Waals surface area contributed by atoms with E-state index in [-0.39, 0.29) is 0 Å². The Labute approximate surface area is 100 Å². The largest absolute Gasteiger partial charge is 0.276 e. The number of rotatable bonds is 8. The van der Waals surface area contributed by atoms with E-state index in [4.69, 9.17) is 0 Å². The van der Waals surface area contributed by atoms with Gasteiger partial charge in [0.25, 0.3) is 0 Å². The molecule has 0 fully saturated rings. The van der Waals surface area contributed by atoms with Gasteiger partial charge in [-0.3, -0.25) is 4.68 Å². The Balaban J connectivity index is 2.49. The highest BCUT2D eigenvalue weighted by Crippen LogP contribution is 2.27. The smallest absolute Gasteiger partial charge is 0.0524 e. The molecule has 1 unspecified atom stereocenters. The number of aryl methyl sites for hydroxylation is 1. The minimum atomic E-state index is 0.736. The molecule has 1 aromatic heterocycles. The lowest BCUT2D eigenvalue weighted by molar-refractivity contribution is 0.515. The number of unbranched alkanes of at least 4 members (excludes halogenated alkanes) is 3. The van der Waals surface area contributed by atoms with Crippen LogP contribution in [0, 0.1) is 0 Å². The molecule has 1 rings (SSSR count). The zero-order valence-corrected chi connectivity index (χ0v) is 11.1. The molecule has 0 aliphatic carbocycles. The van der Waals surface area contributed by atoms with Gasteiger partial charge in [0, 0.05) is 13.2 Å². The van der Waals surface area contributed by atoms with E-state index in [1.54, 1.807) is 0 Å². The first-order valence-corrected chi connectivity index (χ1v) is 6.76. The summed E-state index contributed by atoms with van der Waals surface area (Å²) in [5.41, 5.74) is 1.44. The molecule has 92 valence electrons. The topological polar surface area (TPSA) is 17.8 Å². The van der Waals surface area contributed by atoms with Crippen LogP contribution >= 0.6 is 0 Å². The fourth-order valence-corrected chi connectivity index (χ4v) is 2.22. The van der Waals surface area contributed by atoms with Crippen LogP contribution in [0.1, 0.15) is 70.3 Å². The van der Waals surface area contributed by atoms with E-state index >= 15 is 0 Å². The molecule has 2 nitrogen and oxygen atoms in total. The summed E-state index contributed by atoms with van der Waals surface area (Å²) < 4.78 is 1.92. The van der Waals surface area contributed by atoms with E-state index in [1.165, 1.54) is 50.5 Å². The van der Waals surface area contributed by atoms with E-state index in [0.717, 1.165) is 5.92 Å². The Hall–Kier alpha value is -0.790. The first kappa shape index (κ1) is 13.3.